The van der Waals surface area contributed by atoms with Crippen LogP contribution in [0.4, 0.5) is 0 Å². The molecule has 1 aromatic rings. The summed E-state index contributed by atoms with van der Waals surface area (Å²) in [6, 6.07) is 4.61. The fourth-order valence-electron chi connectivity index (χ4n) is 4.71. The van der Waals surface area contributed by atoms with Crippen molar-refractivity contribution in [3.8, 4) is 0 Å². The first kappa shape index (κ1) is 14.7. The van der Waals surface area contributed by atoms with Crippen molar-refractivity contribution in [2.75, 3.05) is 13.2 Å². The summed E-state index contributed by atoms with van der Waals surface area (Å²) in [5.41, 5.74) is 0.0965. The van der Waals surface area contributed by atoms with Gasteiger partial charge in [-0.05, 0) is 55.4 Å². The molecule has 1 unspecified atom stereocenters. The Morgan fingerprint density at radius 2 is 1.95 bits per heavy atom. The molecule has 1 atom stereocenters. The molecular weight excluding hydrogens is 294 g/mol. The smallest absolute Gasteiger partial charge is 0.231 e. The monoisotopic (exact) mass is 319 g/mol. The first-order chi connectivity index (χ1) is 10.8. The van der Waals surface area contributed by atoms with Crippen LogP contribution in [0, 0.1) is 5.41 Å². The largest absolute Gasteiger partial charge is 0.381 e. The van der Waals surface area contributed by atoms with Crippen molar-refractivity contribution >= 4 is 17.2 Å². The maximum Gasteiger partial charge on any atom is 0.231 e. The van der Waals surface area contributed by atoms with Gasteiger partial charge in [0.25, 0.3) is 0 Å². The van der Waals surface area contributed by atoms with Gasteiger partial charge in [-0.25, -0.2) is 0 Å². The standard InChI is InChI=1S/C18H25NO2S/c20-16(18(6-1-2-7-18)15-4-3-13-22-15)19-14-5-8-17(14)9-11-21-12-10-17/h3-4,13-14H,1-2,5-12H2,(H,19,20). The number of rotatable bonds is 3. The number of amides is 1. The highest BCUT2D eigenvalue weighted by molar-refractivity contribution is 7.10. The average Bonchev–Trinajstić information content (AvgIpc) is 3.23. The van der Waals surface area contributed by atoms with E-state index >= 15 is 0 Å². The van der Waals surface area contributed by atoms with Crippen LogP contribution in [0.25, 0.3) is 0 Å². The first-order valence-corrected chi connectivity index (χ1v) is 9.56. The molecule has 1 spiro atoms. The predicted molar refractivity (Wildman–Crippen MR) is 88.1 cm³/mol. The number of hydrogen-bond donors (Lipinski definition) is 1. The third-order valence-electron chi connectivity index (χ3n) is 6.35. The van der Waals surface area contributed by atoms with Crippen molar-refractivity contribution in [1.82, 2.24) is 5.32 Å². The third kappa shape index (κ3) is 2.23. The molecule has 2 aliphatic carbocycles. The van der Waals surface area contributed by atoms with Crippen LogP contribution in [0.2, 0.25) is 0 Å². The maximum absolute atomic E-state index is 13.2. The highest BCUT2D eigenvalue weighted by Crippen LogP contribution is 2.50. The summed E-state index contributed by atoms with van der Waals surface area (Å²) in [6.07, 6.45) is 9.02. The molecule has 3 aliphatic rings. The van der Waals surface area contributed by atoms with Gasteiger partial charge < -0.3 is 10.1 Å². The molecule has 2 saturated carbocycles. The lowest BCUT2D eigenvalue weighted by Crippen LogP contribution is -2.60. The maximum atomic E-state index is 13.2. The van der Waals surface area contributed by atoms with E-state index in [1.54, 1.807) is 11.3 Å². The molecule has 22 heavy (non-hydrogen) atoms. The second kappa shape index (κ2) is 5.64. The number of nitrogens with one attached hydrogen (secondary N) is 1. The van der Waals surface area contributed by atoms with E-state index in [1.165, 1.54) is 24.1 Å². The van der Waals surface area contributed by atoms with Crippen LogP contribution in [0.1, 0.15) is 56.2 Å². The highest BCUT2D eigenvalue weighted by Gasteiger charge is 2.51. The van der Waals surface area contributed by atoms with E-state index in [-0.39, 0.29) is 5.41 Å². The van der Waals surface area contributed by atoms with Gasteiger partial charge in [-0.1, -0.05) is 18.9 Å². The summed E-state index contributed by atoms with van der Waals surface area (Å²) < 4.78 is 5.52. The van der Waals surface area contributed by atoms with Crippen LogP contribution in [-0.2, 0) is 14.9 Å². The molecule has 1 aliphatic heterocycles. The molecule has 0 radical (unpaired) electrons. The zero-order valence-corrected chi connectivity index (χ0v) is 13.9. The molecule has 1 saturated heterocycles. The van der Waals surface area contributed by atoms with Crippen molar-refractivity contribution in [1.29, 1.82) is 0 Å². The Bertz CT molecular complexity index is 527. The van der Waals surface area contributed by atoms with E-state index < -0.39 is 0 Å². The van der Waals surface area contributed by atoms with Gasteiger partial charge in [0.05, 0.1) is 5.41 Å². The number of carbonyl (C=O) groups excluding carboxylic acids is 1. The van der Waals surface area contributed by atoms with E-state index in [0.29, 0.717) is 17.4 Å². The van der Waals surface area contributed by atoms with E-state index in [0.717, 1.165) is 45.3 Å². The number of hydrogen-bond acceptors (Lipinski definition) is 3. The Morgan fingerprint density at radius 3 is 2.55 bits per heavy atom. The molecule has 0 aromatic carbocycles. The Kier molecular flexibility index (Phi) is 3.77. The molecule has 0 bridgehead atoms. The van der Waals surface area contributed by atoms with Gasteiger partial charge in [-0.3, -0.25) is 4.79 Å². The zero-order valence-electron chi connectivity index (χ0n) is 13.1. The van der Waals surface area contributed by atoms with Crippen LogP contribution in [-0.4, -0.2) is 25.2 Å². The van der Waals surface area contributed by atoms with Crippen molar-refractivity contribution in [2.24, 2.45) is 5.41 Å². The third-order valence-corrected chi connectivity index (χ3v) is 7.42. The Morgan fingerprint density at radius 1 is 1.18 bits per heavy atom. The van der Waals surface area contributed by atoms with Gasteiger partial charge in [0.2, 0.25) is 5.91 Å². The Hall–Kier alpha value is -0.870. The summed E-state index contributed by atoms with van der Waals surface area (Å²) in [4.78, 5) is 14.4. The van der Waals surface area contributed by atoms with Gasteiger partial charge >= 0.3 is 0 Å². The minimum absolute atomic E-state index is 0.240. The molecule has 2 heterocycles. The van der Waals surface area contributed by atoms with E-state index in [4.69, 9.17) is 4.74 Å². The lowest BCUT2D eigenvalue weighted by Gasteiger charge is -2.52. The molecule has 1 amide bonds. The Labute approximate surface area is 136 Å². The molecular formula is C18H25NO2S. The molecule has 3 nitrogen and oxygen atoms in total. The normalized spacial score (nSPS) is 29.2. The van der Waals surface area contributed by atoms with Gasteiger partial charge in [-0.2, -0.15) is 0 Å². The second-order valence-electron chi connectivity index (χ2n) is 7.31. The summed E-state index contributed by atoms with van der Waals surface area (Å²) in [6.45, 7) is 1.73. The molecule has 4 heteroatoms. The van der Waals surface area contributed by atoms with Gasteiger partial charge in [0.15, 0.2) is 0 Å². The lowest BCUT2D eigenvalue weighted by atomic mass is 9.60. The van der Waals surface area contributed by atoms with Gasteiger partial charge in [0.1, 0.15) is 0 Å². The number of ether oxygens (including phenoxy) is 1. The fraction of sp³-hybridized carbons (Fsp3) is 0.722. The Balaban J connectivity index is 1.51. The van der Waals surface area contributed by atoms with Crippen LogP contribution >= 0.6 is 11.3 Å². The van der Waals surface area contributed by atoms with Crippen LogP contribution < -0.4 is 5.32 Å². The van der Waals surface area contributed by atoms with Crippen LogP contribution in [0.5, 0.6) is 0 Å². The van der Waals surface area contributed by atoms with Gasteiger partial charge in [0, 0.05) is 24.1 Å². The number of carbonyl (C=O) groups is 1. The SMILES string of the molecule is O=C(NC1CCC12CCOCC2)C1(c2cccs2)CCCC1. The first-order valence-electron chi connectivity index (χ1n) is 8.68. The molecule has 120 valence electrons. The second-order valence-corrected chi connectivity index (χ2v) is 8.25. The number of thiophene rings is 1. The zero-order chi connectivity index (χ0) is 15.0. The average molecular weight is 319 g/mol. The summed E-state index contributed by atoms with van der Waals surface area (Å²) in [5.74, 6) is 0.294. The van der Waals surface area contributed by atoms with Crippen LogP contribution in [0.3, 0.4) is 0 Å². The summed E-state index contributed by atoms with van der Waals surface area (Å²) in [5, 5.41) is 5.56. The topological polar surface area (TPSA) is 38.3 Å². The summed E-state index contributed by atoms with van der Waals surface area (Å²) >= 11 is 1.75. The molecule has 1 aromatic heterocycles. The lowest BCUT2D eigenvalue weighted by molar-refractivity contribution is -0.132. The van der Waals surface area contributed by atoms with Crippen molar-refractivity contribution in [3.63, 3.8) is 0 Å². The van der Waals surface area contributed by atoms with Crippen LogP contribution in [0.15, 0.2) is 17.5 Å². The minimum Gasteiger partial charge on any atom is -0.381 e. The van der Waals surface area contributed by atoms with E-state index in [1.807, 2.05) is 0 Å². The molecule has 4 rings (SSSR count). The van der Waals surface area contributed by atoms with Crippen molar-refractivity contribution in [3.05, 3.63) is 22.4 Å². The van der Waals surface area contributed by atoms with Crippen molar-refractivity contribution in [2.45, 2.75) is 62.8 Å². The minimum atomic E-state index is -0.240. The van der Waals surface area contributed by atoms with Gasteiger partial charge in [-0.15, -0.1) is 11.3 Å². The van der Waals surface area contributed by atoms with Crippen molar-refractivity contribution < 1.29 is 9.53 Å². The fourth-order valence-corrected chi connectivity index (χ4v) is 5.69. The quantitative estimate of drug-likeness (QED) is 0.924. The van der Waals surface area contributed by atoms with E-state index in [9.17, 15) is 4.79 Å². The molecule has 3 fully saturated rings. The highest BCUT2D eigenvalue weighted by atomic mass is 32.1. The molecule has 1 N–H and O–H groups in total. The summed E-state index contributed by atoms with van der Waals surface area (Å²) in [7, 11) is 0. The predicted octanol–water partition coefficient (Wildman–Crippen LogP) is 3.64. The van der Waals surface area contributed by atoms with E-state index in [2.05, 4.69) is 22.8 Å².